The molecule has 0 atom stereocenters. The van der Waals surface area contributed by atoms with Crippen LogP contribution in [0, 0.1) is 3.57 Å². The van der Waals surface area contributed by atoms with Gasteiger partial charge in [0.25, 0.3) is 5.91 Å². The van der Waals surface area contributed by atoms with E-state index in [0.29, 0.717) is 17.1 Å². The molecule has 1 fully saturated rings. The SMILES string of the molecule is NC(=S)CN(C(=O)c1cc(I)ccc1Br)C1CCCC1. The molecule has 0 unspecified atom stereocenters. The highest BCUT2D eigenvalue weighted by molar-refractivity contribution is 14.1. The Hall–Kier alpha value is -0.210. The van der Waals surface area contributed by atoms with Crippen LogP contribution in [0.1, 0.15) is 36.0 Å². The molecule has 0 aromatic heterocycles. The lowest BCUT2D eigenvalue weighted by atomic mass is 10.1. The predicted molar refractivity (Wildman–Crippen MR) is 96.9 cm³/mol. The van der Waals surface area contributed by atoms with Crippen molar-refractivity contribution in [2.24, 2.45) is 5.73 Å². The summed E-state index contributed by atoms with van der Waals surface area (Å²) in [6, 6.07) is 6.03. The van der Waals surface area contributed by atoms with Gasteiger partial charge in [-0.3, -0.25) is 4.79 Å². The molecule has 6 heteroatoms. The van der Waals surface area contributed by atoms with Crippen molar-refractivity contribution in [3.05, 3.63) is 31.8 Å². The van der Waals surface area contributed by atoms with Crippen molar-refractivity contribution in [1.29, 1.82) is 0 Å². The van der Waals surface area contributed by atoms with Crippen LogP contribution in [-0.2, 0) is 0 Å². The standard InChI is InChI=1S/C14H16BrIN2OS/c15-12-6-5-9(16)7-11(12)14(19)18(8-13(17)20)10-3-1-2-4-10/h5-7,10H,1-4,8H2,(H2,17,20). The van der Waals surface area contributed by atoms with E-state index >= 15 is 0 Å². The van der Waals surface area contributed by atoms with E-state index in [1.807, 2.05) is 23.1 Å². The van der Waals surface area contributed by atoms with Crippen LogP contribution < -0.4 is 5.73 Å². The Morgan fingerprint density at radius 1 is 1.45 bits per heavy atom. The highest BCUT2D eigenvalue weighted by Gasteiger charge is 2.28. The minimum absolute atomic E-state index is 0.00934. The van der Waals surface area contributed by atoms with Crippen molar-refractivity contribution in [3.63, 3.8) is 0 Å². The molecule has 3 nitrogen and oxygen atoms in total. The van der Waals surface area contributed by atoms with Crippen LogP contribution in [0.3, 0.4) is 0 Å². The first-order valence-electron chi connectivity index (χ1n) is 6.53. The molecule has 0 spiro atoms. The van der Waals surface area contributed by atoms with Crippen molar-refractivity contribution in [2.45, 2.75) is 31.7 Å². The summed E-state index contributed by atoms with van der Waals surface area (Å²) in [5.41, 5.74) is 6.35. The third kappa shape index (κ3) is 3.92. The Morgan fingerprint density at radius 2 is 2.10 bits per heavy atom. The Morgan fingerprint density at radius 3 is 2.70 bits per heavy atom. The first-order chi connectivity index (χ1) is 9.49. The first-order valence-corrected chi connectivity index (χ1v) is 8.81. The molecule has 0 radical (unpaired) electrons. The van der Waals surface area contributed by atoms with E-state index in [1.165, 1.54) is 12.8 Å². The second kappa shape index (κ2) is 7.17. The molecule has 2 N–H and O–H groups in total. The monoisotopic (exact) mass is 466 g/mol. The van der Waals surface area contributed by atoms with E-state index in [4.69, 9.17) is 18.0 Å². The molecule has 2 rings (SSSR count). The number of carbonyl (C=O) groups excluding carboxylic acids is 1. The average molecular weight is 467 g/mol. The molecular formula is C14H16BrIN2OS. The Labute approximate surface area is 146 Å². The summed E-state index contributed by atoms with van der Waals surface area (Å²) in [5, 5.41) is 0. The van der Waals surface area contributed by atoms with E-state index < -0.39 is 0 Å². The minimum atomic E-state index is 0.00934. The van der Waals surface area contributed by atoms with E-state index in [9.17, 15) is 4.79 Å². The van der Waals surface area contributed by atoms with Gasteiger partial charge in [-0.25, -0.2) is 0 Å². The maximum Gasteiger partial charge on any atom is 0.255 e. The zero-order chi connectivity index (χ0) is 14.7. The molecule has 20 heavy (non-hydrogen) atoms. The van der Waals surface area contributed by atoms with Gasteiger partial charge in [0.05, 0.1) is 17.1 Å². The van der Waals surface area contributed by atoms with Gasteiger partial charge in [-0.2, -0.15) is 0 Å². The van der Waals surface area contributed by atoms with Crippen molar-refractivity contribution in [3.8, 4) is 0 Å². The summed E-state index contributed by atoms with van der Waals surface area (Å²) in [6.07, 6.45) is 4.41. The van der Waals surface area contributed by atoms with Crippen LogP contribution in [0.25, 0.3) is 0 Å². The number of nitrogens with two attached hydrogens (primary N) is 1. The van der Waals surface area contributed by atoms with Crippen LogP contribution in [0.5, 0.6) is 0 Å². The quantitative estimate of drug-likeness (QED) is 0.543. The lowest BCUT2D eigenvalue weighted by Crippen LogP contribution is -2.43. The van der Waals surface area contributed by atoms with Gasteiger partial charge in [-0.15, -0.1) is 0 Å². The second-order valence-electron chi connectivity index (χ2n) is 4.96. The summed E-state index contributed by atoms with van der Waals surface area (Å²) < 4.78 is 1.85. The van der Waals surface area contributed by atoms with Gasteiger partial charge in [0.1, 0.15) is 0 Å². The van der Waals surface area contributed by atoms with Crippen LogP contribution in [0.2, 0.25) is 0 Å². The van der Waals surface area contributed by atoms with Gasteiger partial charge in [-0.05, 0) is 69.6 Å². The van der Waals surface area contributed by atoms with Crippen LogP contribution in [0.4, 0.5) is 0 Å². The van der Waals surface area contributed by atoms with Gasteiger partial charge in [0.15, 0.2) is 0 Å². The van der Waals surface area contributed by atoms with E-state index in [-0.39, 0.29) is 11.9 Å². The summed E-state index contributed by atoms with van der Waals surface area (Å²) in [7, 11) is 0. The van der Waals surface area contributed by atoms with Crippen molar-refractivity contribution >= 4 is 61.6 Å². The molecule has 0 bridgehead atoms. The van der Waals surface area contributed by atoms with E-state index in [1.54, 1.807) is 0 Å². The van der Waals surface area contributed by atoms with Gasteiger partial charge in [0.2, 0.25) is 0 Å². The van der Waals surface area contributed by atoms with Crippen molar-refractivity contribution in [1.82, 2.24) is 4.90 Å². The fraction of sp³-hybridized carbons (Fsp3) is 0.429. The molecule has 0 heterocycles. The molecule has 1 aromatic rings. The number of benzene rings is 1. The number of rotatable bonds is 4. The van der Waals surface area contributed by atoms with E-state index in [0.717, 1.165) is 20.9 Å². The molecule has 0 saturated heterocycles. The smallest absolute Gasteiger partial charge is 0.255 e. The van der Waals surface area contributed by atoms with Gasteiger partial charge in [0, 0.05) is 14.1 Å². The lowest BCUT2D eigenvalue weighted by molar-refractivity contribution is 0.0713. The summed E-state index contributed by atoms with van der Waals surface area (Å²) in [4.78, 5) is 15.0. The Balaban J connectivity index is 2.29. The van der Waals surface area contributed by atoms with Crippen LogP contribution in [-0.4, -0.2) is 28.4 Å². The highest BCUT2D eigenvalue weighted by Crippen LogP contribution is 2.27. The highest BCUT2D eigenvalue weighted by atomic mass is 127. The lowest BCUT2D eigenvalue weighted by Gasteiger charge is -2.29. The summed E-state index contributed by atoms with van der Waals surface area (Å²) in [5.74, 6) is 0.00934. The van der Waals surface area contributed by atoms with Gasteiger partial charge < -0.3 is 10.6 Å². The molecule has 1 amide bonds. The summed E-state index contributed by atoms with van der Waals surface area (Å²) >= 11 is 10.7. The van der Waals surface area contributed by atoms with Crippen molar-refractivity contribution < 1.29 is 4.79 Å². The molecule has 1 aliphatic carbocycles. The zero-order valence-corrected chi connectivity index (χ0v) is 15.5. The molecule has 1 aliphatic rings. The number of nitrogens with zero attached hydrogens (tertiary/aromatic N) is 1. The van der Waals surface area contributed by atoms with E-state index in [2.05, 4.69) is 38.5 Å². The Bertz CT molecular complexity index is 532. The number of hydrogen-bond acceptors (Lipinski definition) is 2. The van der Waals surface area contributed by atoms with Gasteiger partial charge >= 0.3 is 0 Å². The Kier molecular flexibility index (Phi) is 5.80. The summed E-state index contributed by atoms with van der Waals surface area (Å²) in [6.45, 7) is 0.358. The van der Waals surface area contributed by atoms with Crippen molar-refractivity contribution in [2.75, 3.05) is 6.54 Å². The maximum atomic E-state index is 12.8. The minimum Gasteiger partial charge on any atom is -0.392 e. The first kappa shape index (κ1) is 16.2. The average Bonchev–Trinajstić information content (AvgIpc) is 2.91. The number of halogens is 2. The molecule has 108 valence electrons. The number of carbonyl (C=O) groups is 1. The number of amides is 1. The normalized spacial score (nSPS) is 15.3. The predicted octanol–water partition coefficient (Wildman–Crippen LogP) is 3.72. The number of hydrogen-bond donors (Lipinski definition) is 1. The second-order valence-corrected chi connectivity index (χ2v) is 7.59. The van der Waals surface area contributed by atoms with Crippen LogP contribution >= 0.6 is 50.7 Å². The fourth-order valence-corrected chi connectivity index (χ4v) is 3.61. The molecule has 1 saturated carbocycles. The third-order valence-corrected chi connectivity index (χ3v) is 5.00. The van der Waals surface area contributed by atoms with Gasteiger partial charge in [-0.1, -0.05) is 25.1 Å². The topological polar surface area (TPSA) is 46.3 Å². The largest absolute Gasteiger partial charge is 0.392 e. The maximum absolute atomic E-state index is 12.8. The molecule has 1 aromatic carbocycles. The number of thiocarbonyl (C=S) groups is 1. The van der Waals surface area contributed by atoms with Crippen LogP contribution in [0.15, 0.2) is 22.7 Å². The fourth-order valence-electron chi connectivity index (χ4n) is 2.57. The third-order valence-electron chi connectivity index (χ3n) is 3.51. The molecule has 0 aliphatic heterocycles. The zero-order valence-electron chi connectivity index (χ0n) is 10.9. The molecular weight excluding hydrogens is 451 g/mol.